The van der Waals surface area contributed by atoms with Gasteiger partial charge in [0.25, 0.3) is 11.8 Å². The molecule has 7 heteroatoms. The summed E-state index contributed by atoms with van der Waals surface area (Å²) in [6, 6.07) is 7.79. The van der Waals surface area contributed by atoms with E-state index < -0.39 is 0 Å². The highest BCUT2D eigenvalue weighted by Gasteiger charge is 2.27. The number of hydrogen-bond acceptors (Lipinski definition) is 3. The van der Waals surface area contributed by atoms with E-state index in [1.807, 2.05) is 29.2 Å². The van der Waals surface area contributed by atoms with E-state index in [0.29, 0.717) is 32.7 Å². The van der Waals surface area contributed by atoms with E-state index >= 15 is 0 Å². The van der Waals surface area contributed by atoms with Crippen LogP contribution < -0.4 is 15.1 Å². The summed E-state index contributed by atoms with van der Waals surface area (Å²) in [7, 11) is 0. The summed E-state index contributed by atoms with van der Waals surface area (Å²) in [6.07, 6.45) is 0. The standard InChI is InChI=1S/C16H21ClN4O2/c17-13-3-1-2-4-14(13)20-7-9-21(10-8-20)16(23)12-19-6-5-18-15(22)11-19/h1-4H,5-12H2,(H,18,22)/p+1. The van der Waals surface area contributed by atoms with Crippen LogP contribution in [0.1, 0.15) is 0 Å². The second-order valence-electron chi connectivity index (χ2n) is 6.02. The van der Waals surface area contributed by atoms with Gasteiger partial charge in [-0.1, -0.05) is 23.7 Å². The van der Waals surface area contributed by atoms with Crippen LogP contribution >= 0.6 is 11.6 Å². The Morgan fingerprint density at radius 3 is 2.65 bits per heavy atom. The Morgan fingerprint density at radius 2 is 1.96 bits per heavy atom. The lowest BCUT2D eigenvalue weighted by molar-refractivity contribution is -0.885. The number of amides is 2. The van der Waals surface area contributed by atoms with Gasteiger partial charge < -0.3 is 20.0 Å². The third kappa shape index (κ3) is 3.95. The highest BCUT2D eigenvalue weighted by atomic mass is 35.5. The number of quaternary nitrogens is 1. The number of rotatable bonds is 3. The number of halogens is 1. The van der Waals surface area contributed by atoms with Crippen molar-refractivity contribution in [2.24, 2.45) is 0 Å². The molecule has 1 aromatic rings. The molecule has 23 heavy (non-hydrogen) atoms. The van der Waals surface area contributed by atoms with Gasteiger partial charge in [0.05, 0.1) is 23.8 Å². The van der Waals surface area contributed by atoms with Gasteiger partial charge in [0.1, 0.15) is 0 Å². The minimum atomic E-state index is 0.0302. The molecule has 0 bridgehead atoms. The van der Waals surface area contributed by atoms with Crippen LogP contribution in [0.25, 0.3) is 0 Å². The summed E-state index contributed by atoms with van der Waals surface area (Å²) in [5.74, 6) is 0.163. The monoisotopic (exact) mass is 337 g/mol. The van der Waals surface area contributed by atoms with E-state index in [4.69, 9.17) is 11.6 Å². The minimum Gasteiger partial charge on any atom is -0.367 e. The predicted molar refractivity (Wildman–Crippen MR) is 88.8 cm³/mol. The molecule has 0 aliphatic carbocycles. The van der Waals surface area contributed by atoms with Crippen LogP contribution in [0.2, 0.25) is 5.02 Å². The van der Waals surface area contributed by atoms with Crippen molar-refractivity contribution in [3.8, 4) is 0 Å². The van der Waals surface area contributed by atoms with Crippen LogP contribution in [0, 0.1) is 0 Å². The zero-order valence-electron chi connectivity index (χ0n) is 13.1. The van der Waals surface area contributed by atoms with Crippen LogP contribution in [0.15, 0.2) is 24.3 Å². The first-order chi connectivity index (χ1) is 11.1. The maximum atomic E-state index is 12.4. The van der Waals surface area contributed by atoms with Crippen molar-refractivity contribution in [3.05, 3.63) is 29.3 Å². The molecule has 2 fully saturated rings. The fourth-order valence-electron chi connectivity index (χ4n) is 3.14. The number of benzene rings is 1. The van der Waals surface area contributed by atoms with Gasteiger partial charge in [-0.05, 0) is 12.1 Å². The van der Waals surface area contributed by atoms with Crippen LogP contribution in [-0.2, 0) is 9.59 Å². The molecule has 0 spiro atoms. The van der Waals surface area contributed by atoms with Gasteiger partial charge in [0, 0.05) is 26.2 Å². The number of carbonyl (C=O) groups is 2. The molecule has 124 valence electrons. The molecule has 0 aromatic heterocycles. The quantitative estimate of drug-likeness (QED) is 0.744. The van der Waals surface area contributed by atoms with Crippen molar-refractivity contribution >= 4 is 29.1 Å². The van der Waals surface area contributed by atoms with Crippen molar-refractivity contribution < 1.29 is 14.5 Å². The zero-order valence-corrected chi connectivity index (χ0v) is 13.8. The van der Waals surface area contributed by atoms with E-state index in [9.17, 15) is 9.59 Å². The van der Waals surface area contributed by atoms with Crippen molar-refractivity contribution in [1.29, 1.82) is 0 Å². The minimum absolute atomic E-state index is 0.0302. The lowest BCUT2D eigenvalue weighted by Gasteiger charge is -2.37. The molecule has 2 N–H and O–H groups in total. The summed E-state index contributed by atoms with van der Waals surface area (Å²) in [5, 5.41) is 3.54. The maximum absolute atomic E-state index is 12.4. The third-order valence-corrected chi connectivity index (χ3v) is 4.76. The summed E-state index contributed by atoms with van der Waals surface area (Å²) < 4.78 is 0. The van der Waals surface area contributed by atoms with Crippen molar-refractivity contribution in [3.63, 3.8) is 0 Å². The van der Waals surface area contributed by atoms with Gasteiger partial charge in [-0.25, -0.2) is 0 Å². The van der Waals surface area contributed by atoms with Crippen LogP contribution in [0.3, 0.4) is 0 Å². The lowest BCUT2D eigenvalue weighted by atomic mass is 10.2. The molecule has 6 nitrogen and oxygen atoms in total. The Morgan fingerprint density at radius 1 is 1.22 bits per heavy atom. The average Bonchev–Trinajstić information content (AvgIpc) is 2.55. The highest BCUT2D eigenvalue weighted by molar-refractivity contribution is 6.33. The summed E-state index contributed by atoms with van der Waals surface area (Å²) in [6.45, 7) is 5.23. The summed E-state index contributed by atoms with van der Waals surface area (Å²) in [4.78, 5) is 29.0. The molecular formula is C16H22ClN4O2+. The van der Waals surface area contributed by atoms with E-state index in [0.717, 1.165) is 35.2 Å². The zero-order chi connectivity index (χ0) is 16.2. The first-order valence-electron chi connectivity index (χ1n) is 8.01. The lowest BCUT2D eigenvalue weighted by Crippen LogP contribution is -3.16. The molecule has 0 radical (unpaired) electrons. The van der Waals surface area contributed by atoms with Crippen LogP contribution in [-0.4, -0.2) is 69.1 Å². The van der Waals surface area contributed by atoms with Crippen molar-refractivity contribution in [2.75, 3.05) is 57.3 Å². The number of nitrogens with zero attached hydrogens (tertiary/aromatic N) is 2. The summed E-state index contributed by atoms with van der Waals surface area (Å²) >= 11 is 6.24. The molecule has 2 heterocycles. The molecule has 0 saturated carbocycles. The SMILES string of the molecule is O=C1C[NH+](CC(=O)N2CCN(c3ccccc3Cl)CC2)CCN1. The van der Waals surface area contributed by atoms with Crippen LogP contribution in [0.5, 0.6) is 0 Å². The number of nitrogens with one attached hydrogen (secondary N) is 2. The largest absolute Gasteiger partial charge is 0.367 e. The van der Waals surface area contributed by atoms with Gasteiger partial charge in [-0.2, -0.15) is 0 Å². The van der Waals surface area contributed by atoms with Crippen LogP contribution in [0.4, 0.5) is 5.69 Å². The predicted octanol–water partition coefficient (Wildman–Crippen LogP) is -0.997. The fraction of sp³-hybridized carbons (Fsp3) is 0.500. The molecule has 3 rings (SSSR count). The first kappa shape index (κ1) is 16.1. The summed E-state index contributed by atoms with van der Waals surface area (Å²) in [5.41, 5.74) is 1.03. The second-order valence-corrected chi connectivity index (χ2v) is 6.43. The second kappa shape index (κ2) is 7.19. The molecule has 2 amide bonds. The van der Waals surface area contributed by atoms with Gasteiger partial charge >= 0.3 is 0 Å². The van der Waals surface area contributed by atoms with E-state index in [1.54, 1.807) is 0 Å². The fourth-order valence-corrected chi connectivity index (χ4v) is 3.39. The van der Waals surface area contributed by atoms with Gasteiger partial charge in [0.2, 0.25) is 0 Å². The number of piperazine rings is 2. The van der Waals surface area contributed by atoms with E-state index in [1.165, 1.54) is 0 Å². The van der Waals surface area contributed by atoms with Crippen molar-refractivity contribution in [2.45, 2.75) is 0 Å². The molecule has 2 saturated heterocycles. The Bertz CT molecular complexity index is 587. The molecule has 1 aromatic carbocycles. The van der Waals surface area contributed by atoms with Gasteiger partial charge in [0.15, 0.2) is 13.1 Å². The number of para-hydroxylation sites is 1. The Hall–Kier alpha value is -1.79. The maximum Gasteiger partial charge on any atom is 0.277 e. The first-order valence-corrected chi connectivity index (χ1v) is 8.39. The molecule has 1 atom stereocenters. The van der Waals surface area contributed by atoms with Gasteiger partial charge in [-0.3, -0.25) is 9.59 Å². The number of carbonyl (C=O) groups excluding carboxylic acids is 2. The number of hydrogen-bond donors (Lipinski definition) is 2. The topological polar surface area (TPSA) is 57.1 Å². The van der Waals surface area contributed by atoms with Gasteiger partial charge in [-0.15, -0.1) is 0 Å². The molecule has 2 aliphatic rings. The Kier molecular flexibility index (Phi) is 5.03. The highest BCUT2D eigenvalue weighted by Crippen LogP contribution is 2.25. The smallest absolute Gasteiger partial charge is 0.277 e. The van der Waals surface area contributed by atoms with Crippen molar-refractivity contribution in [1.82, 2.24) is 10.2 Å². The molecule has 1 unspecified atom stereocenters. The van der Waals surface area contributed by atoms with E-state index in [-0.39, 0.29) is 11.8 Å². The Labute approximate surface area is 141 Å². The number of anilines is 1. The van der Waals surface area contributed by atoms with E-state index in [2.05, 4.69) is 10.2 Å². The molecular weight excluding hydrogens is 316 g/mol. The average molecular weight is 338 g/mol. The normalized spacial score (nSPS) is 22.0. The third-order valence-electron chi connectivity index (χ3n) is 4.44. The molecule has 2 aliphatic heterocycles. The Balaban J connectivity index is 1.51.